The molecule has 0 saturated carbocycles. The highest BCUT2D eigenvalue weighted by molar-refractivity contribution is 5.66. The maximum absolute atomic E-state index is 12.8. The van der Waals surface area contributed by atoms with Crippen LogP contribution < -0.4 is 0 Å². The van der Waals surface area contributed by atoms with Gasteiger partial charge in [0.25, 0.3) is 0 Å². The molecule has 0 aliphatic rings. The number of likely N-dealkylation sites (N-methyl/N-ethyl adjacent to an activating group) is 1. The molecule has 1 aromatic rings. The van der Waals surface area contributed by atoms with Crippen LogP contribution in [0.15, 0.2) is 24.3 Å². The van der Waals surface area contributed by atoms with Crippen molar-refractivity contribution in [2.24, 2.45) is 0 Å². The minimum atomic E-state index is -0.776. The molecule has 0 unspecified atom stereocenters. The minimum Gasteiger partial charge on any atom is -0.481 e. The molecule has 1 N–H and O–H groups in total. The predicted octanol–water partition coefficient (Wildman–Crippen LogP) is 1.71. The van der Waals surface area contributed by atoms with E-state index in [2.05, 4.69) is 9.80 Å². The van der Waals surface area contributed by atoms with Gasteiger partial charge in [-0.2, -0.15) is 0 Å². The first kappa shape index (κ1) is 16.6. The molecule has 0 atom stereocenters. The SMILES string of the molecule is CN(C)CCN(CCC(=O)O)CCc1ccc(F)cc1. The van der Waals surface area contributed by atoms with Crippen molar-refractivity contribution in [2.45, 2.75) is 12.8 Å². The standard InChI is InChI=1S/C15H23FN2O2/c1-17(2)11-12-18(10-8-15(19)20)9-7-13-3-5-14(16)6-4-13/h3-6H,7-12H2,1-2H3,(H,19,20). The fourth-order valence-electron chi connectivity index (χ4n) is 1.87. The second-order valence-corrected chi connectivity index (χ2v) is 5.17. The topological polar surface area (TPSA) is 43.8 Å². The van der Waals surface area contributed by atoms with Crippen molar-refractivity contribution in [2.75, 3.05) is 40.3 Å². The van der Waals surface area contributed by atoms with Gasteiger partial charge in [0.15, 0.2) is 0 Å². The third kappa shape index (κ3) is 7.21. The van der Waals surface area contributed by atoms with Crippen LogP contribution in [0.5, 0.6) is 0 Å². The zero-order valence-corrected chi connectivity index (χ0v) is 12.2. The Balaban J connectivity index is 2.45. The summed E-state index contributed by atoms with van der Waals surface area (Å²) in [4.78, 5) is 14.9. The zero-order chi connectivity index (χ0) is 15.0. The molecule has 0 aliphatic carbocycles. The molecule has 0 radical (unpaired) electrons. The average Bonchev–Trinajstić information content (AvgIpc) is 2.39. The third-order valence-corrected chi connectivity index (χ3v) is 3.14. The molecule has 4 nitrogen and oxygen atoms in total. The van der Waals surface area contributed by atoms with E-state index < -0.39 is 5.97 Å². The smallest absolute Gasteiger partial charge is 0.304 e. The number of hydrogen-bond acceptors (Lipinski definition) is 3. The van der Waals surface area contributed by atoms with Gasteiger partial charge in [-0.05, 0) is 38.2 Å². The predicted molar refractivity (Wildman–Crippen MR) is 77.4 cm³/mol. The molecule has 0 bridgehead atoms. The summed E-state index contributed by atoms with van der Waals surface area (Å²) < 4.78 is 12.8. The van der Waals surface area contributed by atoms with Gasteiger partial charge in [-0.15, -0.1) is 0 Å². The Morgan fingerprint density at radius 3 is 2.30 bits per heavy atom. The number of carboxylic acids is 1. The molecule has 0 heterocycles. The Kier molecular flexibility index (Phi) is 7.18. The van der Waals surface area contributed by atoms with Crippen LogP contribution in [-0.2, 0) is 11.2 Å². The molecule has 0 spiro atoms. The van der Waals surface area contributed by atoms with Crippen molar-refractivity contribution in [3.63, 3.8) is 0 Å². The van der Waals surface area contributed by atoms with E-state index >= 15 is 0 Å². The number of aliphatic carboxylic acids is 1. The molecule has 1 aromatic carbocycles. The summed E-state index contributed by atoms with van der Waals surface area (Å²) in [6.45, 7) is 3.06. The van der Waals surface area contributed by atoms with E-state index in [0.717, 1.165) is 31.6 Å². The van der Waals surface area contributed by atoms with Crippen molar-refractivity contribution in [1.29, 1.82) is 0 Å². The number of benzene rings is 1. The van der Waals surface area contributed by atoms with Crippen LogP contribution in [0, 0.1) is 5.82 Å². The number of rotatable bonds is 9. The maximum Gasteiger partial charge on any atom is 0.304 e. The summed E-state index contributed by atoms with van der Waals surface area (Å²) in [5.74, 6) is -1.01. The summed E-state index contributed by atoms with van der Waals surface area (Å²) in [5.41, 5.74) is 1.07. The lowest BCUT2D eigenvalue weighted by Gasteiger charge is -2.23. The molecular weight excluding hydrogens is 259 g/mol. The lowest BCUT2D eigenvalue weighted by atomic mass is 10.1. The number of nitrogens with zero attached hydrogens (tertiary/aromatic N) is 2. The van der Waals surface area contributed by atoms with Gasteiger partial charge in [0.1, 0.15) is 5.82 Å². The van der Waals surface area contributed by atoms with Gasteiger partial charge in [0, 0.05) is 26.2 Å². The zero-order valence-electron chi connectivity index (χ0n) is 12.2. The van der Waals surface area contributed by atoms with E-state index in [1.54, 1.807) is 12.1 Å². The van der Waals surface area contributed by atoms with E-state index in [0.29, 0.717) is 6.54 Å². The number of carboxylic acid groups (broad SMARTS) is 1. The molecular formula is C15H23FN2O2. The summed E-state index contributed by atoms with van der Waals surface area (Å²) in [5, 5.41) is 8.78. The summed E-state index contributed by atoms with van der Waals surface area (Å²) in [6, 6.07) is 6.46. The van der Waals surface area contributed by atoms with Crippen molar-refractivity contribution in [3.05, 3.63) is 35.6 Å². The molecule has 0 fully saturated rings. The Hall–Kier alpha value is -1.46. The Morgan fingerprint density at radius 1 is 1.10 bits per heavy atom. The Morgan fingerprint density at radius 2 is 1.75 bits per heavy atom. The summed E-state index contributed by atoms with van der Waals surface area (Å²) >= 11 is 0. The first-order valence-electron chi connectivity index (χ1n) is 6.80. The van der Waals surface area contributed by atoms with Crippen LogP contribution in [0.3, 0.4) is 0 Å². The van der Waals surface area contributed by atoms with Crippen LogP contribution in [0.25, 0.3) is 0 Å². The monoisotopic (exact) mass is 282 g/mol. The van der Waals surface area contributed by atoms with Gasteiger partial charge in [0.05, 0.1) is 6.42 Å². The van der Waals surface area contributed by atoms with Crippen LogP contribution in [0.1, 0.15) is 12.0 Å². The Bertz CT molecular complexity index is 407. The van der Waals surface area contributed by atoms with Gasteiger partial charge >= 0.3 is 5.97 Å². The van der Waals surface area contributed by atoms with E-state index in [9.17, 15) is 9.18 Å². The van der Waals surface area contributed by atoms with Crippen molar-refractivity contribution in [3.8, 4) is 0 Å². The molecule has 20 heavy (non-hydrogen) atoms. The second-order valence-electron chi connectivity index (χ2n) is 5.17. The van der Waals surface area contributed by atoms with E-state index in [4.69, 9.17) is 5.11 Å². The van der Waals surface area contributed by atoms with Gasteiger partial charge in [-0.1, -0.05) is 12.1 Å². The number of hydrogen-bond donors (Lipinski definition) is 1. The lowest BCUT2D eigenvalue weighted by Crippen LogP contribution is -2.34. The average molecular weight is 282 g/mol. The molecule has 1 rings (SSSR count). The fraction of sp³-hybridized carbons (Fsp3) is 0.533. The Labute approximate surface area is 119 Å². The molecule has 0 saturated heterocycles. The van der Waals surface area contributed by atoms with E-state index in [1.807, 2.05) is 14.1 Å². The molecule has 5 heteroatoms. The summed E-state index contributed by atoms with van der Waals surface area (Å²) in [7, 11) is 3.99. The second kappa shape index (κ2) is 8.66. The van der Waals surface area contributed by atoms with Crippen LogP contribution in [0.2, 0.25) is 0 Å². The van der Waals surface area contributed by atoms with Crippen molar-refractivity contribution < 1.29 is 14.3 Å². The highest BCUT2D eigenvalue weighted by Gasteiger charge is 2.08. The third-order valence-electron chi connectivity index (χ3n) is 3.14. The van der Waals surface area contributed by atoms with Gasteiger partial charge in [-0.3, -0.25) is 4.79 Å². The van der Waals surface area contributed by atoms with Gasteiger partial charge in [-0.25, -0.2) is 4.39 Å². The number of halogens is 1. The lowest BCUT2D eigenvalue weighted by molar-refractivity contribution is -0.137. The van der Waals surface area contributed by atoms with Crippen LogP contribution >= 0.6 is 0 Å². The first-order chi connectivity index (χ1) is 9.47. The van der Waals surface area contributed by atoms with Gasteiger partial charge < -0.3 is 14.9 Å². The highest BCUT2D eigenvalue weighted by Crippen LogP contribution is 2.05. The summed E-state index contributed by atoms with van der Waals surface area (Å²) in [6.07, 6.45) is 0.949. The maximum atomic E-state index is 12.8. The largest absolute Gasteiger partial charge is 0.481 e. The molecule has 0 aromatic heterocycles. The minimum absolute atomic E-state index is 0.150. The van der Waals surface area contributed by atoms with Crippen LogP contribution in [0.4, 0.5) is 4.39 Å². The van der Waals surface area contributed by atoms with Gasteiger partial charge in [0.2, 0.25) is 0 Å². The van der Waals surface area contributed by atoms with E-state index in [1.165, 1.54) is 12.1 Å². The molecule has 0 amide bonds. The highest BCUT2D eigenvalue weighted by atomic mass is 19.1. The first-order valence-corrected chi connectivity index (χ1v) is 6.80. The van der Waals surface area contributed by atoms with Crippen molar-refractivity contribution in [1.82, 2.24) is 9.80 Å². The fourth-order valence-corrected chi connectivity index (χ4v) is 1.87. The van der Waals surface area contributed by atoms with E-state index in [-0.39, 0.29) is 12.2 Å². The quantitative estimate of drug-likeness (QED) is 0.749. The molecule has 0 aliphatic heterocycles. The van der Waals surface area contributed by atoms with Crippen LogP contribution in [-0.4, -0.2) is 61.2 Å². The molecule has 112 valence electrons. The number of carbonyl (C=O) groups is 1. The normalized spacial score (nSPS) is 11.2. The van der Waals surface area contributed by atoms with Crippen molar-refractivity contribution >= 4 is 5.97 Å².